The lowest BCUT2D eigenvalue weighted by molar-refractivity contribution is 0.00578. The molecule has 1 aliphatic rings. The Labute approximate surface area is 127 Å². The molecule has 21 heavy (non-hydrogen) atoms. The van der Waals surface area contributed by atoms with Crippen molar-refractivity contribution in [2.24, 2.45) is 0 Å². The van der Waals surface area contributed by atoms with E-state index in [4.69, 9.17) is 14.0 Å². The summed E-state index contributed by atoms with van der Waals surface area (Å²) in [5, 5.41) is 0. The van der Waals surface area contributed by atoms with Crippen LogP contribution in [0.2, 0.25) is 0 Å². The summed E-state index contributed by atoms with van der Waals surface area (Å²) in [6.07, 6.45) is 3.39. The lowest BCUT2D eigenvalue weighted by Crippen LogP contribution is -2.41. The lowest BCUT2D eigenvalue weighted by atomic mass is 9.81. The molecule has 2 rings (SSSR count). The minimum atomic E-state index is -0.439. The van der Waals surface area contributed by atoms with Crippen molar-refractivity contribution in [2.75, 3.05) is 27.2 Å². The van der Waals surface area contributed by atoms with Crippen LogP contribution in [0.1, 0.15) is 27.7 Å². The molecule has 1 fully saturated rings. The molecule has 0 N–H and O–H groups in total. The zero-order chi connectivity index (χ0) is 15.7. The Morgan fingerprint density at radius 3 is 2.10 bits per heavy atom. The van der Waals surface area contributed by atoms with Gasteiger partial charge in [-0.3, -0.25) is 0 Å². The van der Waals surface area contributed by atoms with E-state index < -0.39 is 7.12 Å². The van der Waals surface area contributed by atoms with Crippen LogP contribution in [-0.2, 0) is 9.31 Å². The third-order valence-electron chi connectivity index (χ3n) is 3.94. The number of nitrogens with zero attached hydrogens (tertiary/aromatic N) is 3. The first-order valence-electron chi connectivity index (χ1n) is 7.16. The number of aromatic nitrogens is 2. The number of likely N-dealkylation sites (N-methyl/N-ethyl adjacent to an activating group) is 1. The molecule has 0 spiro atoms. The smallest absolute Gasteiger partial charge is 0.462 e. The molecule has 116 valence electrons. The molecule has 0 amide bonds. The number of rotatable bonds is 5. The molecule has 7 heteroatoms. The van der Waals surface area contributed by atoms with Crippen LogP contribution < -0.4 is 10.2 Å². The van der Waals surface area contributed by atoms with Gasteiger partial charge in [0.25, 0.3) is 0 Å². The minimum absolute atomic E-state index is 0.363. The molecule has 1 aliphatic heterocycles. The lowest BCUT2D eigenvalue weighted by Gasteiger charge is -2.32. The summed E-state index contributed by atoms with van der Waals surface area (Å²) in [6.45, 7) is 9.46. The van der Waals surface area contributed by atoms with Crippen molar-refractivity contribution in [2.45, 2.75) is 38.9 Å². The van der Waals surface area contributed by atoms with E-state index >= 15 is 0 Å². The van der Waals surface area contributed by atoms with Gasteiger partial charge in [0.2, 0.25) is 0 Å². The highest BCUT2D eigenvalue weighted by Gasteiger charge is 2.51. The van der Waals surface area contributed by atoms with Crippen molar-refractivity contribution in [3.63, 3.8) is 0 Å². The zero-order valence-corrected chi connectivity index (χ0v) is 13.7. The fourth-order valence-electron chi connectivity index (χ4n) is 1.82. The van der Waals surface area contributed by atoms with Gasteiger partial charge in [0.15, 0.2) is 0 Å². The summed E-state index contributed by atoms with van der Waals surface area (Å²) in [6, 6.07) is 0.372. The van der Waals surface area contributed by atoms with Crippen LogP contribution in [0, 0.1) is 0 Å². The Morgan fingerprint density at radius 2 is 1.62 bits per heavy atom. The van der Waals surface area contributed by atoms with Crippen molar-refractivity contribution in [1.29, 1.82) is 0 Å². The average molecular weight is 293 g/mol. The van der Waals surface area contributed by atoms with Crippen molar-refractivity contribution in [3.8, 4) is 6.01 Å². The SMILES string of the molecule is CN(C)CCOc1ncc(B2OC(C)(C)C(C)(C)O2)cn1. The van der Waals surface area contributed by atoms with Crippen molar-refractivity contribution < 1.29 is 14.0 Å². The second-order valence-electron chi connectivity index (χ2n) is 6.54. The third-order valence-corrected chi connectivity index (χ3v) is 3.94. The molecule has 0 unspecified atom stereocenters. The van der Waals surface area contributed by atoms with E-state index in [0.717, 1.165) is 12.0 Å². The van der Waals surface area contributed by atoms with Gasteiger partial charge in [0.1, 0.15) is 6.61 Å². The third kappa shape index (κ3) is 3.72. The summed E-state index contributed by atoms with van der Waals surface area (Å²) in [5.74, 6) is 0. The van der Waals surface area contributed by atoms with Gasteiger partial charge in [0, 0.05) is 24.4 Å². The maximum Gasteiger partial charge on any atom is 0.498 e. The van der Waals surface area contributed by atoms with Gasteiger partial charge >= 0.3 is 13.1 Å². The molecule has 0 atom stereocenters. The Hall–Kier alpha value is -1.18. The fourth-order valence-corrected chi connectivity index (χ4v) is 1.82. The molecule has 6 nitrogen and oxygen atoms in total. The predicted octanol–water partition coefficient (Wildman–Crippen LogP) is 0.716. The molecule has 2 heterocycles. The van der Waals surface area contributed by atoms with Crippen LogP contribution in [0.5, 0.6) is 6.01 Å². The van der Waals surface area contributed by atoms with Gasteiger partial charge in [-0.05, 0) is 41.8 Å². The molecular formula is C14H24BN3O3. The van der Waals surface area contributed by atoms with Gasteiger partial charge in [-0.15, -0.1) is 0 Å². The van der Waals surface area contributed by atoms with E-state index in [1.165, 1.54) is 0 Å². The van der Waals surface area contributed by atoms with E-state index in [9.17, 15) is 0 Å². The van der Waals surface area contributed by atoms with Crippen LogP contribution in [0.15, 0.2) is 12.4 Å². The van der Waals surface area contributed by atoms with Gasteiger partial charge in [-0.1, -0.05) is 0 Å². The fraction of sp³-hybridized carbons (Fsp3) is 0.714. The molecule has 0 saturated carbocycles. The van der Waals surface area contributed by atoms with Crippen LogP contribution in [0.4, 0.5) is 0 Å². The number of hydrogen-bond acceptors (Lipinski definition) is 6. The topological polar surface area (TPSA) is 56.7 Å². The Morgan fingerprint density at radius 1 is 1.10 bits per heavy atom. The minimum Gasteiger partial charge on any atom is -0.462 e. The first-order chi connectivity index (χ1) is 9.71. The molecule has 0 aromatic carbocycles. The van der Waals surface area contributed by atoms with Crippen LogP contribution >= 0.6 is 0 Å². The van der Waals surface area contributed by atoms with Gasteiger partial charge < -0.3 is 18.9 Å². The van der Waals surface area contributed by atoms with Crippen molar-refractivity contribution in [3.05, 3.63) is 12.4 Å². The van der Waals surface area contributed by atoms with Gasteiger partial charge in [0.05, 0.1) is 11.2 Å². The summed E-state index contributed by atoms with van der Waals surface area (Å²) in [4.78, 5) is 10.4. The molecule has 1 aromatic heterocycles. The molecule has 0 radical (unpaired) electrons. The second kappa shape index (κ2) is 5.91. The Bertz CT molecular complexity index is 461. The Kier molecular flexibility index (Phi) is 4.56. The standard InChI is InChI=1S/C14H24BN3O3/c1-13(2)14(3,4)21-15(20-13)11-9-16-12(17-10-11)19-8-7-18(5)6/h9-10H,7-8H2,1-6H3. The largest absolute Gasteiger partial charge is 0.498 e. The summed E-state index contributed by atoms with van der Waals surface area (Å²) >= 11 is 0. The van der Waals surface area contributed by atoms with E-state index in [1.807, 2.05) is 46.7 Å². The average Bonchev–Trinajstić information content (AvgIpc) is 2.59. The summed E-state index contributed by atoms with van der Waals surface area (Å²) in [7, 11) is 3.54. The van der Waals surface area contributed by atoms with Gasteiger partial charge in [-0.25, -0.2) is 9.97 Å². The maximum atomic E-state index is 5.95. The quantitative estimate of drug-likeness (QED) is 0.746. The molecule has 0 bridgehead atoms. The van der Waals surface area contributed by atoms with E-state index in [2.05, 4.69) is 9.97 Å². The highest BCUT2D eigenvalue weighted by Crippen LogP contribution is 2.36. The van der Waals surface area contributed by atoms with Crippen molar-refractivity contribution in [1.82, 2.24) is 14.9 Å². The molecule has 1 saturated heterocycles. The summed E-state index contributed by atoms with van der Waals surface area (Å²) in [5.41, 5.74) is 0.0745. The Balaban J connectivity index is 1.97. The van der Waals surface area contributed by atoms with Crippen LogP contribution in [0.3, 0.4) is 0 Å². The number of ether oxygens (including phenoxy) is 1. The monoisotopic (exact) mass is 293 g/mol. The normalized spacial score (nSPS) is 20.0. The predicted molar refractivity (Wildman–Crippen MR) is 81.8 cm³/mol. The van der Waals surface area contributed by atoms with E-state index in [1.54, 1.807) is 12.4 Å². The first-order valence-corrected chi connectivity index (χ1v) is 7.16. The van der Waals surface area contributed by atoms with Crippen LogP contribution in [0.25, 0.3) is 0 Å². The highest BCUT2D eigenvalue weighted by molar-refractivity contribution is 6.61. The van der Waals surface area contributed by atoms with Gasteiger partial charge in [-0.2, -0.15) is 0 Å². The first kappa shape index (κ1) is 16.2. The zero-order valence-electron chi connectivity index (χ0n) is 13.7. The maximum absolute atomic E-state index is 5.95. The van der Waals surface area contributed by atoms with Crippen molar-refractivity contribution >= 4 is 12.6 Å². The highest BCUT2D eigenvalue weighted by atomic mass is 16.7. The van der Waals surface area contributed by atoms with E-state index in [-0.39, 0.29) is 11.2 Å². The number of hydrogen-bond donors (Lipinski definition) is 0. The molecule has 0 aliphatic carbocycles. The summed E-state index contributed by atoms with van der Waals surface area (Å²) < 4.78 is 17.4. The molecule has 1 aromatic rings. The second-order valence-corrected chi connectivity index (χ2v) is 6.54. The van der Waals surface area contributed by atoms with Crippen LogP contribution in [-0.4, -0.2) is 60.4 Å². The molecular weight excluding hydrogens is 269 g/mol. The van der Waals surface area contributed by atoms with E-state index in [0.29, 0.717) is 12.6 Å².